The Bertz CT molecular complexity index is 481. The molecule has 3 rings (SSSR count). The predicted molar refractivity (Wildman–Crippen MR) is 69.5 cm³/mol. The van der Waals surface area contributed by atoms with E-state index in [4.69, 9.17) is 4.52 Å². The summed E-state index contributed by atoms with van der Waals surface area (Å²) in [7, 11) is 0. The Morgan fingerprint density at radius 1 is 1.42 bits per heavy atom. The van der Waals surface area contributed by atoms with Gasteiger partial charge in [0.05, 0.1) is 5.41 Å². The number of aryl methyl sites for hydroxylation is 1. The molecular formula is C14H21N3O2. The molecule has 0 unspecified atom stereocenters. The van der Waals surface area contributed by atoms with Crippen molar-refractivity contribution in [1.82, 2.24) is 15.0 Å². The van der Waals surface area contributed by atoms with Gasteiger partial charge in [0.1, 0.15) is 0 Å². The van der Waals surface area contributed by atoms with Gasteiger partial charge in [-0.2, -0.15) is 4.98 Å². The summed E-state index contributed by atoms with van der Waals surface area (Å²) in [5.41, 5.74) is -0.182. The first kappa shape index (κ1) is 12.6. The van der Waals surface area contributed by atoms with E-state index >= 15 is 0 Å². The lowest BCUT2D eigenvalue weighted by Crippen LogP contribution is -2.50. The molecule has 1 amide bonds. The normalized spacial score (nSPS) is 28.2. The number of piperidine rings is 1. The molecule has 2 fully saturated rings. The minimum Gasteiger partial charge on any atom is -0.341 e. The highest BCUT2D eigenvalue weighted by atomic mass is 16.5. The van der Waals surface area contributed by atoms with Crippen molar-refractivity contribution in [2.45, 2.75) is 51.4 Å². The van der Waals surface area contributed by atoms with Crippen LogP contribution in [-0.4, -0.2) is 34.0 Å². The second-order valence-electron chi connectivity index (χ2n) is 6.20. The Labute approximate surface area is 113 Å². The lowest BCUT2D eigenvalue weighted by atomic mass is 9.79. The van der Waals surface area contributed by atoms with Gasteiger partial charge in [-0.1, -0.05) is 11.6 Å². The monoisotopic (exact) mass is 263 g/mol. The van der Waals surface area contributed by atoms with E-state index < -0.39 is 0 Å². The van der Waals surface area contributed by atoms with E-state index in [0.717, 1.165) is 32.2 Å². The molecule has 0 spiro atoms. The number of aromatic nitrogens is 2. The number of hydrogen-bond donors (Lipinski definition) is 0. The molecule has 5 nitrogen and oxygen atoms in total. The molecule has 1 saturated carbocycles. The summed E-state index contributed by atoms with van der Waals surface area (Å²) in [5.74, 6) is 1.94. The van der Waals surface area contributed by atoms with E-state index in [1.807, 2.05) is 11.8 Å². The van der Waals surface area contributed by atoms with Gasteiger partial charge < -0.3 is 9.42 Å². The number of hydrogen-bond acceptors (Lipinski definition) is 4. The number of carbonyl (C=O) groups is 1. The molecule has 2 heterocycles. The van der Waals surface area contributed by atoms with Crippen LogP contribution >= 0.6 is 0 Å². The number of amides is 1. The van der Waals surface area contributed by atoms with E-state index in [2.05, 4.69) is 17.1 Å². The molecule has 19 heavy (non-hydrogen) atoms. The smallest absolute Gasteiger partial charge is 0.234 e. The van der Waals surface area contributed by atoms with Crippen molar-refractivity contribution in [3.8, 4) is 0 Å². The van der Waals surface area contributed by atoms with E-state index in [-0.39, 0.29) is 11.3 Å². The lowest BCUT2D eigenvalue weighted by Gasteiger charge is -2.40. The quantitative estimate of drug-likeness (QED) is 0.819. The highest BCUT2D eigenvalue weighted by molar-refractivity contribution is 5.79. The molecule has 0 bridgehead atoms. The second-order valence-corrected chi connectivity index (χ2v) is 6.20. The molecule has 1 aromatic rings. The van der Waals surface area contributed by atoms with Crippen molar-refractivity contribution in [2.75, 3.05) is 13.1 Å². The number of likely N-dealkylation sites (tertiary alicyclic amines) is 1. The van der Waals surface area contributed by atoms with Gasteiger partial charge >= 0.3 is 0 Å². The summed E-state index contributed by atoms with van der Waals surface area (Å²) in [5, 5.41) is 3.88. The fourth-order valence-corrected chi connectivity index (χ4v) is 3.06. The zero-order valence-corrected chi connectivity index (χ0v) is 11.7. The fourth-order valence-electron chi connectivity index (χ4n) is 3.06. The maximum absolute atomic E-state index is 12.4. The van der Waals surface area contributed by atoms with Crippen molar-refractivity contribution >= 4 is 5.91 Å². The Kier molecular flexibility index (Phi) is 3.07. The van der Waals surface area contributed by atoms with E-state index in [0.29, 0.717) is 24.2 Å². The molecule has 104 valence electrons. The Morgan fingerprint density at radius 3 is 2.79 bits per heavy atom. The predicted octanol–water partition coefficient (Wildman–Crippen LogP) is 2.06. The van der Waals surface area contributed by atoms with Gasteiger partial charge in [-0.05, 0) is 39.5 Å². The molecule has 0 N–H and O–H groups in total. The van der Waals surface area contributed by atoms with Crippen molar-refractivity contribution in [1.29, 1.82) is 0 Å². The Morgan fingerprint density at radius 2 is 2.21 bits per heavy atom. The highest BCUT2D eigenvalue weighted by Gasteiger charge is 2.41. The summed E-state index contributed by atoms with van der Waals surface area (Å²) in [4.78, 5) is 18.7. The summed E-state index contributed by atoms with van der Waals surface area (Å²) in [6.07, 6.45) is 5.33. The van der Waals surface area contributed by atoms with Gasteiger partial charge in [0.2, 0.25) is 11.8 Å². The molecule has 1 atom stereocenters. The maximum atomic E-state index is 12.4. The van der Waals surface area contributed by atoms with Gasteiger partial charge in [0, 0.05) is 19.0 Å². The molecule has 1 saturated heterocycles. The first-order valence-corrected chi connectivity index (χ1v) is 7.18. The molecular weight excluding hydrogens is 242 g/mol. The van der Waals surface area contributed by atoms with E-state index in [9.17, 15) is 4.79 Å². The van der Waals surface area contributed by atoms with Crippen LogP contribution in [0.25, 0.3) is 0 Å². The van der Waals surface area contributed by atoms with Crippen LogP contribution in [0.2, 0.25) is 0 Å². The van der Waals surface area contributed by atoms with Crippen molar-refractivity contribution in [3.63, 3.8) is 0 Å². The topological polar surface area (TPSA) is 59.2 Å². The zero-order chi connectivity index (χ0) is 13.5. The maximum Gasteiger partial charge on any atom is 0.234 e. The van der Waals surface area contributed by atoms with Crippen LogP contribution in [0, 0.1) is 12.8 Å². The highest BCUT2D eigenvalue weighted by Crippen LogP contribution is 2.35. The van der Waals surface area contributed by atoms with Crippen molar-refractivity contribution in [2.24, 2.45) is 5.92 Å². The molecule has 1 aliphatic heterocycles. The number of rotatable bonds is 2. The van der Waals surface area contributed by atoms with Gasteiger partial charge in [-0.15, -0.1) is 0 Å². The first-order chi connectivity index (χ1) is 9.08. The van der Waals surface area contributed by atoms with Crippen LogP contribution in [0.15, 0.2) is 4.52 Å². The number of carbonyl (C=O) groups excluding carboxylic acids is 1. The molecule has 1 aliphatic carbocycles. The zero-order valence-electron chi connectivity index (χ0n) is 11.7. The lowest BCUT2D eigenvalue weighted by molar-refractivity contribution is -0.140. The van der Waals surface area contributed by atoms with E-state index in [1.54, 1.807) is 0 Å². The summed E-state index contributed by atoms with van der Waals surface area (Å²) in [6, 6.07) is 0. The van der Waals surface area contributed by atoms with Crippen LogP contribution < -0.4 is 0 Å². The number of nitrogens with zero attached hydrogens (tertiary/aromatic N) is 3. The van der Waals surface area contributed by atoms with Crippen molar-refractivity contribution < 1.29 is 9.32 Å². The van der Waals surface area contributed by atoms with Gasteiger partial charge in [0.15, 0.2) is 5.82 Å². The third kappa shape index (κ3) is 2.26. The Balaban J connectivity index is 1.75. The molecule has 0 radical (unpaired) electrons. The molecule has 0 aromatic carbocycles. The van der Waals surface area contributed by atoms with Gasteiger partial charge in [-0.25, -0.2) is 0 Å². The van der Waals surface area contributed by atoms with Crippen LogP contribution in [-0.2, 0) is 10.2 Å². The second kappa shape index (κ2) is 4.62. The molecule has 2 aliphatic rings. The standard InChI is InChI=1S/C14H21N3O2/c1-10-15-13(19-16-10)14(2)7-4-8-17(9-14)12(18)11-5-3-6-11/h11H,3-9H2,1-2H3/t14-/m1/s1. The SMILES string of the molecule is Cc1noc([C@]2(C)CCCN(C(=O)C3CCC3)C2)n1. The first-order valence-electron chi connectivity index (χ1n) is 7.18. The van der Waals surface area contributed by atoms with Gasteiger partial charge in [0.25, 0.3) is 0 Å². The van der Waals surface area contributed by atoms with Crippen LogP contribution in [0.1, 0.15) is 50.7 Å². The van der Waals surface area contributed by atoms with Crippen LogP contribution in [0.3, 0.4) is 0 Å². The third-order valence-corrected chi connectivity index (χ3v) is 4.51. The molecule has 1 aromatic heterocycles. The minimum absolute atomic E-state index is 0.182. The average molecular weight is 263 g/mol. The Hall–Kier alpha value is -1.39. The van der Waals surface area contributed by atoms with Crippen molar-refractivity contribution in [3.05, 3.63) is 11.7 Å². The summed E-state index contributed by atoms with van der Waals surface area (Å²) < 4.78 is 5.34. The fraction of sp³-hybridized carbons (Fsp3) is 0.786. The third-order valence-electron chi connectivity index (χ3n) is 4.51. The summed E-state index contributed by atoms with van der Waals surface area (Å²) in [6.45, 7) is 5.54. The average Bonchev–Trinajstić information content (AvgIpc) is 2.74. The van der Waals surface area contributed by atoms with Crippen LogP contribution in [0.5, 0.6) is 0 Å². The minimum atomic E-state index is -0.182. The van der Waals surface area contributed by atoms with E-state index in [1.165, 1.54) is 6.42 Å². The largest absolute Gasteiger partial charge is 0.341 e. The molecule has 5 heteroatoms. The van der Waals surface area contributed by atoms with Crippen LogP contribution in [0.4, 0.5) is 0 Å². The van der Waals surface area contributed by atoms with Gasteiger partial charge in [-0.3, -0.25) is 4.79 Å². The summed E-state index contributed by atoms with van der Waals surface area (Å²) >= 11 is 0.